The van der Waals surface area contributed by atoms with Crippen LogP contribution in [-0.4, -0.2) is 11.2 Å². The Morgan fingerprint density at radius 1 is 1.35 bits per heavy atom. The molecule has 1 aromatic rings. The van der Waals surface area contributed by atoms with Crippen molar-refractivity contribution in [1.29, 1.82) is 10.5 Å². The van der Waals surface area contributed by atoms with E-state index in [2.05, 4.69) is 24.0 Å². The Labute approximate surface area is 125 Å². The van der Waals surface area contributed by atoms with E-state index in [1.165, 1.54) is 24.8 Å². The molecule has 0 spiro atoms. The summed E-state index contributed by atoms with van der Waals surface area (Å²) in [6, 6.07) is 4.27. The van der Waals surface area contributed by atoms with Crippen LogP contribution in [0.5, 0.6) is 0 Å². The summed E-state index contributed by atoms with van der Waals surface area (Å²) in [5, 5.41) is 18.6. The highest BCUT2D eigenvalue weighted by atomic mass is 32.2. The predicted molar refractivity (Wildman–Crippen MR) is 80.7 cm³/mol. The van der Waals surface area contributed by atoms with Crippen molar-refractivity contribution in [3.63, 3.8) is 0 Å². The third-order valence-corrected chi connectivity index (χ3v) is 4.80. The highest BCUT2D eigenvalue weighted by Crippen LogP contribution is 2.41. The van der Waals surface area contributed by atoms with Crippen LogP contribution in [0.25, 0.3) is 0 Å². The predicted octanol–water partition coefficient (Wildman–Crippen LogP) is 4.16. The number of hydrogen-bond acceptors (Lipinski definition) is 4. The van der Waals surface area contributed by atoms with Gasteiger partial charge in [0.1, 0.15) is 17.7 Å². The van der Waals surface area contributed by atoms with E-state index in [-0.39, 0.29) is 0 Å². The second-order valence-electron chi connectivity index (χ2n) is 5.18. The minimum Gasteiger partial charge on any atom is -0.240 e. The maximum Gasteiger partial charge on any atom is 0.159 e. The van der Waals surface area contributed by atoms with Crippen LogP contribution in [-0.2, 0) is 6.42 Å². The largest absolute Gasteiger partial charge is 0.240 e. The Morgan fingerprint density at radius 2 is 2.15 bits per heavy atom. The number of nitrogens with zero attached hydrogens (tertiary/aromatic N) is 3. The standard InChI is InChI=1S/C16H19N3S/c1-3-4-6-11-7-5-8-13-15(11)16(20-2)12(9-17)14(10-18)19-13/h11H,3-8H2,1-2H3. The monoisotopic (exact) mass is 285 g/mol. The van der Waals surface area contributed by atoms with Crippen molar-refractivity contribution < 1.29 is 0 Å². The van der Waals surface area contributed by atoms with Gasteiger partial charge in [0.05, 0.1) is 0 Å². The van der Waals surface area contributed by atoms with Crippen LogP contribution >= 0.6 is 11.8 Å². The third kappa shape index (κ3) is 2.67. The number of thioether (sulfide) groups is 1. The lowest BCUT2D eigenvalue weighted by atomic mass is 9.81. The van der Waals surface area contributed by atoms with E-state index in [4.69, 9.17) is 0 Å². The topological polar surface area (TPSA) is 60.5 Å². The molecule has 0 aromatic carbocycles. The molecule has 0 aliphatic heterocycles. The molecule has 0 saturated carbocycles. The molecule has 0 saturated heterocycles. The second kappa shape index (κ2) is 6.77. The number of nitriles is 2. The molecular weight excluding hydrogens is 266 g/mol. The first kappa shape index (κ1) is 14.9. The van der Waals surface area contributed by atoms with E-state index in [0.29, 0.717) is 17.2 Å². The summed E-state index contributed by atoms with van der Waals surface area (Å²) >= 11 is 1.59. The summed E-state index contributed by atoms with van der Waals surface area (Å²) < 4.78 is 0. The van der Waals surface area contributed by atoms with Crippen molar-refractivity contribution in [2.75, 3.05) is 6.26 Å². The maximum atomic E-state index is 9.37. The Bertz CT molecular complexity index is 581. The lowest BCUT2D eigenvalue weighted by Gasteiger charge is -2.27. The van der Waals surface area contributed by atoms with Gasteiger partial charge in [-0.3, -0.25) is 0 Å². The van der Waals surface area contributed by atoms with E-state index in [1.54, 1.807) is 11.8 Å². The van der Waals surface area contributed by atoms with Crippen molar-refractivity contribution >= 4 is 11.8 Å². The van der Waals surface area contributed by atoms with E-state index < -0.39 is 0 Å². The summed E-state index contributed by atoms with van der Waals surface area (Å²) in [7, 11) is 0. The molecule has 20 heavy (non-hydrogen) atoms. The van der Waals surface area contributed by atoms with Crippen molar-refractivity contribution in [2.45, 2.75) is 56.3 Å². The minimum absolute atomic E-state index is 0.298. The first-order chi connectivity index (χ1) is 9.76. The Kier molecular flexibility index (Phi) is 5.04. The number of fused-ring (bicyclic) bond motifs is 1. The van der Waals surface area contributed by atoms with Crippen LogP contribution in [0.4, 0.5) is 0 Å². The summed E-state index contributed by atoms with van der Waals surface area (Å²) in [4.78, 5) is 5.47. The lowest BCUT2D eigenvalue weighted by molar-refractivity contribution is 0.487. The molecule has 0 N–H and O–H groups in total. The van der Waals surface area contributed by atoms with Gasteiger partial charge < -0.3 is 0 Å². The van der Waals surface area contributed by atoms with Gasteiger partial charge in [0, 0.05) is 10.6 Å². The van der Waals surface area contributed by atoms with E-state index in [0.717, 1.165) is 29.9 Å². The molecule has 0 amide bonds. The van der Waals surface area contributed by atoms with Gasteiger partial charge in [-0.2, -0.15) is 10.5 Å². The molecule has 0 fully saturated rings. The minimum atomic E-state index is 0.298. The zero-order valence-electron chi connectivity index (χ0n) is 12.1. The number of aryl methyl sites for hydroxylation is 1. The van der Waals surface area contributed by atoms with E-state index in [9.17, 15) is 10.5 Å². The van der Waals surface area contributed by atoms with E-state index >= 15 is 0 Å². The van der Waals surface area contributed by atoms with Crippen molar-refractivity contribution in [1.82, 2.24) is 4.98 Å². The van der Waals surface area contributed by atoms with Crippen molar-refractivity contribution in [3.8, 4) is 12.1 Å². The summed E-state index contributed by atoms with van der Waals surface area (Å²) in [5.74, 6) is 0.508. The first-order valence-corrected chi connectivity index (χ1v) is 8.40. The van der Waals surface area contributed by atoms with Crippen molar-refractivity contribution in [2.24, 2.45) is 0 Å². The Hall–Kier alpha value is -1.52. The summed E-state index contributed by atoms with van der Waals surface area (Å²) in [6.07, 6.45) is 8.80. The van der Waals surface area contributed by atoms with Gasteiger partial charge in [0.15, 0.2) is 5.69 Å². The van der Waals surface area contributed by atoms with Crippen LogP contribution in [0.15, 0.2) is 4.90 Å². The molecule has 4 heteroatoms. The SMILES string of the molecule is CCCCC1CCCc2nc(C#N)c(C#N)c(SC)c21. The van der Waals surface area contributed by atoms with E-state index in [1.807, 2.05) is 6.26 Å². The number of rotatable bonds is 4. The molecule has 1 aliphatic carbocycles. The molecule has 1 heterocycles. The number of hydrogen-bond donors (Lipinski definition) is 0. The zero-order valence-corrected chi connectivity index (χ0v) is 12.9. The lowest BCUT2D eigenvalue weighted by Crippen LogP contribution is -2.15. The fourth-order valence-corrected chi connectivity index (χ4v) is 3.88. The van der Waals surface area contributed by atoms with Crippen LogP contribution in [0.1, 0.15) is 67.5 Å². The molecule has 2 rings (SSSR count). The van der Waals surface area contributed by atoms with Gasteiger partial charge in [-0.05, 0) is 43.4 Å². The quantitative estimate of drug-likeness (QED) is 0.779. The molecular formula is C16H19N3S. The van der Waals surface area contributed by atoms with Crippen molar-refractivity contribution in [3.05, 3.63) is 22.5 Å². The fraction of sp³-hybridized carbons (Fsp3) is 0.562. The van der Waals surface area contributed by atoms with Gasteiger partial charge in [-0.1, -0.05) is 19.8 Å². The Morgan fingerprint density at radius 3 is 2.75 bits per heavy atom. The molecule has 1 atom stereocenters. The maximum absolute atomic E-state index is 9.37. The van der Waals surface area contributed by atoms with Gasteiger partial charge in [-0.15, -0.1) is 11.8 Å². The normalized spacial score (nSPS) is 17.1. The molecule has 0 bridgehead atoms. The van der Waals surface area contributed by atoms with Gasteiger partial charge in [0.2, 0.25) is 0 Å². The molecule has 1 aliphatic rings. The van der Waals surface area contributed by atoms with Crippen LogP contribution in [0.2, 0.25) is 0 Å². The summed E-state index contributed by atoms with van der Waals surface area (Å²) in [5.41, 5.74) is 3.08. The number of pyridine rings is 1. The summed E-state index contributed by atoms with van der Waals surface area (Å²) in [6.45, 7) is 2.21. The van der Waals surface area contributed by atoms with Gasteiger partial charge in [-0.25, -0.2) is 4.98 Å². The molecule has 1 unspecified atom stereocenters. The first-order valence-electron chi connectivity index (χ1n) is 7.17. The van der Waals surface area contributed by atoms with Gasteiger partial charge in [0.25, 0.3) is 0 Å². The smallest absolute Gasteiger partial charge is 0.159 e. The second-order valence-corrected chi connectivity index (χ2v) is 6.00. The van der Waals surface area contributed by atoms with Gasteiger partial charge >= 0.3 is 0 Å². The average Bonchev–Trinajstić information content (AvgIpc) is 2.50. The van der Waals surface area contributed by atoms with Crippen LogP contribution < -0.4 is 0 Å². The molecule has 1 aromatic heterocycles. The highest BCUT2D eigenvalue weighted by Gasteiger charge is 2.27. The molecule has 104 valence electrons. The number of aromatic nitrogens is 1. The van der Waals surface area contributed by atoms with Crippen LogP contribution in [0, 0.1) is 22.7 Å². The zero-order chi connectivity index (χ0) is 14.5. The fourth-order valence-electron chi connectivity index (χ4n) is 3.03. The highest BCUT2D eigenvalue weighted by molar-refractivity contribution is 7.98. The van der Waals surface area contributed by atoms with Crippen LogP contribution in [0.3, 0.4) is 0 Å². The Balaban J connectivity index is 2.57. The third-order valence-electron chi connectivity index (χ3n) is 3.97. The molecule has 0 radical (unpaired) electrons. The number of unbranched alkanes of at least 4 members (excludes halogenated alkanes) is 1. The molecule has 3 nitrogen and oxygen atoms in total. The average molecular weight is 285 g/mol.